The SMILES string of the molecule is CCCCNS(=O)(=O)N1CCNCC1. The van der Waals surface area contributed by atoms with Gasteiger partial charge >= 0.3 is 0 Å². The predicted octanol–water partition coefficient (Wildman–Crippen LogP) is -0.474. The highest BCUT2D eigenvalue weighted by Gasteiger charge is 2.22. The molecule has 0 saturated carbocycles. The molecule has 0 aromatic rings. The summed E-state index contributed by atoms with van der Waals surface area (Å²) in [6, 6.07) is 0. The van der Waals surface area contributed by atoms with Crippen molar-refractivity contribution in [3.63, 3.8) is 0 Å². The maximum absolute atomic E-state index is 11.6. The van der Waals surface area contributed by atoms with Gasteiger partial charge in [-0.3, -0.25) is 0 Å². The Hall–Kier alpha value is -0.170. The molecule has 0 radical (unpaired) electrons. The predicted molar refractivity (Wildman–Crippen MR) is 56.3 cm³/mol. The molecule has 6 heteroatoms. The minimum atomic E-state index is -3.21. The lowest BCUT2D eigenvalue weighted by Crippen LogP contribution is -2.50. The van der Waals surface area contributed by atoms with Gasteiger partial charge in [0.05, 0.1) is 0 Å². The lowest BCUT2D eigenvalue weighted by Gasteiger charge is -2.26. The molecule has 0 aliphatic carbocycles. The highest BCUT2D eigenvalue weighted by Crippen LogP contribution is 1.99. The lowest BCUT2D eigenvalue weighted by molar-refractivity contribution is 0.354. The van der Waals surface area contributed by atoms with E-state index in [1.165, 1.54) is 4.31 Å². The zero-order valence-electron chi connectivity index (χ0n) is 8.62. The van der Waals surface area contributed by atoms with Crippen LogP contribution in [0.3, 0.4) is 0 Å². The number of rotatable bonds is 5. The summed E-state index contributed by atoms with van der Waals surface area (Å²) < 4.78 is 27.4. The maximum Gasteiger partial charge on any atom is 0.279 e. The Morgan fingerprint density at radius 3 is 2.57 bits per heavy atom. The standard InChI is InChI=1S/C8H19N3O2S/c1-2-3-4-10-14(12,13)11-7-5-9-6-8-11/h9-10H,2-8H2,1H3. The Balaban J connectivity index is 2.38. The minimum absolute atomic E-state index is 0.544. The van der Waals surface area contributed by atoms with E-state index in [0.717, 1.165) is 25.9 Å². The van der Waals surface area contributed by atoms with Crippen molar-refractivity contribution in [1.82, 2.24) is 14.3 Å². The topological polar surface area (TPSA) is 61.4 Å². The van der Waals surface area contributed by atoms with E-state index in [-0.39, 0.29) is 0 Å². The first-order valence-corrected chi connectivity index (χ1v) is 6.56. The fourth-order valence-corrected chi connectivity index (χ4v) is 2.60. The average Bonchev–Trinajstić information content (AvgIpc) is 2.19. The monoisotopic (exact) mass is 221 g/mol. The Morgan fingerprint density at radius 2 is 2.00 bits per heavy atom. The molecule has 0 spiro atoms. The third-order valence-corrected chi connectivity index (χ3v) is 3.84. The van der Waals surface area contributed by atoms with E-state index in [1.54, 1.807) is 0 Å². The van der Waals surface area contributed by atoms with Crippen molar-refractivity contribution in [2.45, 2.75) is 19.8 Å². The molecule has 0 atom stereocenters. The van der Waals surface area contributed by atoms with Crippen molar-refractivity contribution in [3.05, 3.63) is 0 Å². The second kappa shape index (κ2) is 5.65. The number of unbranched alkanes of at least 4 members (excludes halogenated alkanes) is 1. The molecule has 0 amide bonds. The van der Waals surface area contributed by atoms with Crippen LogP contribution in [-0.4, -0.2) is 45.4 Å². The van der Waals surface area contributed by atoms with Crippen molar-refractivity contribution in [3.8, 4) is 0 Å². The zero-order chi connectivity index (χ0) is 10.4. The van der Waals surface area contributed by atoms with Crippen molar-refractivity contribution in [2.75, 3.05) is 32.7 Å². The first-order chi connectivity index (χ1) is 6.67. The van der Waals surface area contributed by atoms with E-state index in [1.807, 2.05) is 6.92 Å². The van der Waals surface area contributed by atoms with E-state index in [9.17, 15) is 8.42 Å². The van der Waals surface area contributed by atoms with Crippen molar-refractivity contribution in [1.29, 1.82) is 0 Å². The van der Waals surface area contributed by atoms with Crippen LogP contribution in [-0.2, 0) is 10.2 Å². The highest BCUT2D eigenvalue weighted by atomic mass is 32.2. The average molecular weight is 221 g/mol. The molecule has 0 unspecified atom stereocenters. The smallest absolute Gasteiger partial charge is 0.279 e. The first-order valence-electron chi connectivity index (χ1n) is 5.12. The third kappa shape index (κ3) is 3.53. The molecule has 1 fully saturated rings. The van der Waals surface area contributed by atoms with Crippen LogP contribution in [0.25, 0.3) is 0 Å². The second-order valence-electron chi connectivity index (χ2n) is 3.40. The highest BCUT2D eigenvalue weighted by molar-refractivity contribution is 7.87. The first kappa shape index (κ1) is 11.9. The Bertz CT molecular complexity index is 247. The van der Waals surface area contributed by atoms with Gasteiger partial charge in [-0.15, -0.1) is 0 Å². The molecule has 1 heterocycles. The van der Waals surface area contributed by atoms with Crippen LogP contribution in [0.5, 0.6) is 0 Å². The van der Waals surface area contributed by atoms with Gasteiger partial charge in [0.15, 0.2) is 0 Å². The number of piperazine rings is 1. The molecule has 0 aromatic carbocycles. The molecule has 84 valence electrons. The fourth-order valence-electron chi connectivity index (χ4n) is 1.35. The number of hydrogen-bond acceptors (Lipinski definition) is 3. The van der Waals surface area contributed by atoms with E-state index in [0.29, 0.717) is 19.6 Å². The van der Waals surface area contributed by atoms with Crippen molar-refractivity contribution >= 4 is 10.2 Å². The molecule has 0 bridgehead atoms. The van der Waals surface area contributed by atoms with Gasteiger partial charge in [0, 0.05) is 32.7 Å². The molecular formula is C8H19N3O2S. The van der Waals surface area contributed by atoms with Crippen molar-refractivity contribution in [2.24, 2.45) is 0 Å². The van der Waals surface area contributed by atoms with Crippen LogP contribution in [0.4, 0.5) is 0 Å². The van der Waals surface area contributed by atoms with Crippen LogP contribution in [0.15, 0.2) is 0 Å². The molecule has 1 aliphatic heterocycles. The van der Waals surface area contributed by atoms with Crippen LogP contribution >= 0.6 is 0 Å². The molecular weight excluding hydrogens is 202 g/mol. The van der Waals surface area contributed by atoms with Gasteiger partial charge in [-0.25, -0.2) is 4.72 Å². The van der Waals surface area contributed by atoms with Crippen molar-refractivity contribution < 1.29 is 8.42 Å². The molecule has 1 rings (SSSR count). The second-order valence-corrected chi connectivity index (χ2v) is 5.16. The number of nitrogens with one attached hydrogen (secondary N) is 2. The van der Waals surface area contributed by atoms with Gasteiger partial charge < -0.3 is 5.32 Å². The van der Waals surface area contributed by atoms with Gasteiger partial charge in [0.2, 0.25) is 0 Å². The summed E-state index contributed by atoms with van der Waals surface area (Å²) in [5.74, 6) is 0. The summed E-state index contributed by atoms with van der Waals surface area (Å²) >= 11 is 0. The quantitative estimate of drug-likeness (QED) is 0.617. The molecule has 1 saturated heterocycles. The van der Waals surface area contributed by atoms with Gasteiger partial charge in [-0.2, -0.15) is 12.7 Å². The summed E-state index contributed by atoms with van der Waals surface area (Å²) in [6.07, 6.45) is 1.90. The van der Waals surface area contributed by atoms with Gasteiger partial charge in [-0.1, -0.05) is 13.3 Å². The number of hydrogen-bond donors (Lipinski definition) is 2. The van der Waals surface area contributed by atoms with Gasteiger partial charge in [-0.05, 0) is 6.42 Å². The van der Waals surface area contributed by atoms with E-state index >= 15 is 0 Å². The molecule has 1 aliphatic rings. The van der Waals surface area contributed by atoms with E-state index in [4.69, 9.17) is 0 Å². The summed E-state index contributed by atoms with van der Waals surface area (Å²) in [4.78, 5) is 0. The van der Waals surface area contributed by atoms with Gasteiger partial charge in [0.25, 0.3) is 10.2 Å². The van der Waals surface area contributed by atoms with E-state index < -0.39 is 10.2 Å². The van der Waals surface area contributed by atoms with Crippen LogP contribution in [0, 0.1) is 0 Å². The zero-order valence-corrected chi connectivity index (χ0v) is 9.44. The summed E-state index contributed by atoms with van der Waals surface area (Å²) in [5, 5.41) is 3.12. The minimum Gasteiger partial charge on any atom is -0.314 e. The lowest BCUT2D eigenvalue weighted by atomic mass is 10.3. The van der Waals surface area contributed by atoms with Gasteiger partial charge in [0.1, 0.15) is 0 Å². The maximum atomic E-state index is 11.6. The van der Waals surface area contributed by atoms with E-state index in [2.05, 4.69) is 10.0 Å². The van der Waals surface area contributed by atoms with Crippen LogP contribution < -0.4 is 10.0 Å². The Labute approximate surface area is 86.0 Å². The largest absolute Gasteiger partial charge is 0.314 e. The molecule has 5 nitrogen and oxygen atoms in total. The molecule has 2 N–H and O–H groups in total. The summed E-state index contributed by atoms with van der Waals surface area (Å²) in [6.45, 7) is 5.22. The Kier molecular flexibility index (Phi) is 4.80. The Morgan fingerprint density at radius 1 is 1.36 bits per heavy atom. The molecule has 0 aromatic heterocycles. The fraction of sp³-hybridized carbons (Fsp3) is 1.00. The molecule has 14 heavy (non-hydrogen) atoms. The van der Waals surface area contributed by atoms with Crippen LogP contribution in [0.1, 0.15) is 19.8 Å². The number of nitrogens with zero attached hydrogens (tertiary/aromatic N) is 1. The summed E-state index contributed by atoms with van der Waals surface area (Å²) in [7, 11) is -3.21. The summed E-state index contributed by atoms with van der Waals surface area (Å²) in [5.41, 5.74) is 0. The third-order valence-electron chi connectivity index (χ3n) is 2.23. The van der Waals surface area contributed by atoms with Crippen LogP contribution in [0.2, 0.25) is 0 Å². The normalized spacial score (nSPS) is 19.8.